The minimum atomic E-state index is -4.80. The molecule has 118 valence electrons. The molecular weight excluding hydrogens is 307 g/mol. The number of alkyl halides is 3. The molecule has 0 saturated heterocycles. The average Bonchev–Trinajstić information content (AvgIpc) is 2.27. The zero-order valence-corrected chi connectivity index (χ0v) is 12.2. The lowest BCUT2D eigenvalue weighted by Gasteiger charge is -2.28. The maximum Gasteiger partial charge on any atom is 0.404 e. The van der Waals surface area contributed by atoms with Crippen molar-refractivity contribution in [2.75, 3.05) is 34.7 Å². The maximum absolute atomic E-state index is 12.2. The van der Waals surface area contributed by atoms with Gasteiger partial charge < -0.3 is 10.6 Å². The molecule has 1 aromatic carbocycles. The van der Waals surface area contributed by atoms with Crippen molar-refractivity contribution in [1.29, 1.82) is 0 Å². The lowest BCUT2D eigenvalue weighted by Crippen LogP contribution is -2.29. The van der Waals surface area contributed by atoms with E-state index >= 15 is 0 Å². The van der Waals surface area contributed by atoms with Crippen molar-refractivity contribution in [1.82, 2.24) is 0 Å². The Balaban J connectivity index is 2.31. The first-order chi connectivity index (χ1) is 9.57. The molecule has 5 nitrogen and oxygen atoms in total. The van der Waals surface area contributed by atoms with Crippen molar-refractivity contribution in [3.63, 3.8) is 0 Å². The van der Waals surface area contributed by atoms with Crippen LogP contribution in [0.1, 0.15) is 12.0 Å². The number of halogens is 3. The largest absolute Gasteiger partial charge is 0.404 e. The van der Waals surface area contributed by atoms with Crippen LogP contribution in [0.4, 0.5) is 30.2 Å². The molecule has 0 fully saturated rings. The summed E-state index contributed by atoms with van der Waals surface area (Å²) < 4.78 is 61.6. The monoisotopic (exact) mass is 323 g/mol. The minimum Gasteiger partial charge on any atom is -0.397 e. The number of nitrogens with two attached hydrogens (primary N) is 1. The first kappa shape index (κ1) is 15.7. The highest BCUT2D eigenvalue weighted by Gasteiger charge is 2.35. The Morgan fingerprint density at radius 1 is 1.38 bits per heavy atom. The van der Waals surface area contributed by atoms with Crippen LogP contribution in [0.5, 0.6) is 0 Å². The van der Waals surface area contributed by atoms with E-state index in [9.17, 15) is 21.6 Å². The van der Waals surface area contributed by atoms with Gasteiger partial charge in [0.25, 0.3) is 0 Å². The quantitative estimate of drug-likeness (QED) is 0.834. The van der Waals surface area contributed by atoms with Gasteiger partial charge in [-0.25, -0.2) is 8.42 Å². The molecule has 1 heterocycles. The lowest BCUT2D eigenvalue weighted by molar-refractivity contribution is -0.106. The number of nitrogens with zero attached hydrogens (tertiary/aromatic N) is 1. The Labute approximate surface area is 121 Å². The van der Waals surface area contributed by atoms with Gasteiger partial charge in [0, 0.05) is 19.3 Å². The Kier molecular flexibility index (Phi) is 3.96. The summed E-state index contributed by atoms with van der Waals surface area (Å²) in [6.45, 7) is 0.797. The summed E-state index contributed by atoms with van der Waals surface area (Å²) in [5.41, 5.74) is 7.57. The van der Waals surface area contributed by atoms with Crippen LogP contribution in [0.2, 0.25) is 0 Å². The zero-order chi connectivity index (χ0) is 15.8. The average molecular weight is 323 g/mol. The molecule has 9 heteroatoms. The van der Waals surface area contributed by atoms with Gasteiger partial charge >= 0.3 is 6.18 Å². The van der Waals surface area contributed by atoms with E-state index < -0.39 is 22.0 Å². The van der Waals surface area contributed by atoms with E-state index in [4.69, 9.17) is 5.73 Å². The van der Waals surface area contributed by atoms with Crippen LogP contribution in [0.3, 0.4) is 0 Å². The van der Waals surface area contributed by atoms with Crippen molar-refractivity contribution in [3.8, 4) is 0 Å². The molecule has 0 saturated carbocycles. The molecule has 1 aromatic rings. The molecule has 0 aromatic heterocycles. The van der Waals surface area contributed by atoms with Crippen LogP contribution in [0.25, 0.3) is 0 Å². The normalized spacial score (nSPS) is 15.7. The van der Waals surface area contributed by atoms with Gasteiger partial charge in [0.05, 0.1) is 11.4 Å². The summed E-state index contributed by atoms with van der Waals surface area (Å²) in [6, 6.07) is 3.09. The van der Waals surface area contributed by atoms with E-state index in [0.717, 1.165) is 30.6 Å². The number of hydrogen-bond donors (Lipinski definition) is 2. The number of hydrogen-bond acceptors (Lipinski definition) is 4. The number of fused-ring (bicyclic) bond motifs is 1. The molecule has 0 bridgehead atoms. The van der Waals surface area contributed by atoms with Crippen molar-refractivity contribution < 1.29 is 21.6 Å². The smallest absolute Gasteiger partial charge is 0.397 e. The molecule has 1 aliphatic heterocycles. The van der Waals surface area contributed by atoms with E-state index in [1.54, 1.807) is 6.07 Å². The summed E-state index contributed by atoms with van der Waals surface area (Å²) in [6.07, 6.45) is -3.05. The highest BCUT2D eigenvalue weighted by atomic mass is 32.2. The highest BCUT2D eigenvalue weighted by molar-refractivity contribution is 7.92. The molecular formula is C12H16F3N3O2S. The molecule has 1 aliphatic rings. The second kappa shape index (κ2) is 5.28. The fourth-order valence-electron chi connectivity index (χ4n) is 2.34. The van der Waals surface area contributed by atoms with Gasteiger partial charge in [0.1, 0.15) is 0 Å². The summed E-state index contributed by atoms with van der Waals surface area (Å²) in [4.78, 5) is 1.92. The van der Waals surface area contributed by atoms with Gasteiger partial charge in [0.15, 0.2) is 5.75 Å². The molecule has 0 aliphatic carbocycles. The SMILES string of the molecule is CN1CCCc2cc(N)c(NS(=O)(=O)CC(F)(F)F)cc21. The molecule has 0 radical (unpaired) electrons. The second-order valence-corrected chi connectivity index (χ2v) is 6.79. The van der Waals surface area contributed by atoms with Crippen molar-refractivity contribution in [2.24, 2.45) is 0 Å². The molecule has 21 heavy (non-hydrogen) atoms. The summed E-state index contributed by atoms with van der Waals surface area (Å²) in [5.74, 6) is -1.94. The van der Waals surface area contributed by atoms with E-state index in [2.05, 4.69) is 0 Å². The fourth-order valence-corrected chi connectivity index (χ4v) is 3.36. The summed E-state index contributed by atoms with van der Waals surface area (Å²) in [7, 11) is -2.70. The predicted molar refractivity (Wildman–Crippen MR) is 75.9 cm³/mol. The number of nitrogens with one attached hydrogen (secondary N) is 1. The predicted octanol–water partition coefficient (Wildman–Crippen LogP) is 1.96. The second-order valence-electron chi connectivity index (χ2n) is 5.07. The summed E-state index contributed by atoms with van der Waals surface area (Å²) >= 11 is 0. The van der Waals surface area contributed by atoms with Crippen molar-refractivity contribution in [3.05, 3.63) is 17.7 Å². The third-order valence-corrected chi connectivity index (χ3v) is 4.46. The van der Waals surface area contributed by atoms with Gasteiger partial charge in [-0.15, -0.1) is 0 Å². The summed E-state index contributed by atoms with van der Waals surface area (Å²) in [5, 5.41) is 0. The third-order valence-electron chi connectivity index (χ3n) is 3.22. The first-order valence-corrected chi connectivity index (χ1v) is 7.93. The number of benzene rings is 1. The van der Waals surface area contributed by atoms with Crippen molar-refractivity contribution in [2.45, 2.75) is 19.0 Å². The molecule has 2 rings (SSSR count). The molecule has 0 unspecified atom stereocenters. The van der Waals surface area contributed by atoms with Crippen LogP contribution >= 0.6 is 0 Å². The zero-order valence-electron chi connectivity index (χ0n) is 11.4. The van der Waals surface area contributed by atoms with Gasteiger partial charge in [-0.1, -0.05) is 0 Å². The van der Waals surface area contributed by atoms with Crippen LogP contribution in [0.15, 0.2) is 12.1 Å². The van der Waals surface area contributed by atoms with Gasteiger partial charge in [0.2, 0.25) is 10.0 Å². The van der Waals surface area contributed by atoms with E-state index in [1.807, 2.05) is 16.7 Å². The number of aryl methyl sites for hydroxylation is 1. The Hall–Kier alpha value is -1.64. The van der Waals surface area contributed by atoms with Gasteiger partial charge in [-0.2, -0.15) is 13.2 Å². The first-order valence-electron chi connectivity index (χ1n) is 6.28. The van der Waals surface area contributed by atoms with E-state index in [1.165, 1.54) is 6.07 Å². The van der Waals surface area contributed by atoms with Crippen molar-refractivity contribution >= 4 is 27.1 Å². The van der Waals surface area contributed by atoms with E-state index in [-0.39, 0.29) is 11.4 Å². The number of anilines is 3. The van der Waals surface area contributed by atoms with Crippen LogP contribution in [0, 0.1) is 0 Å². The van der Waals surface area contributed by atoms with Crippen LogP contribution < -0.4 is 15.4 Å². The van der Waals surface area contributed by atoms with Gasteiger partial charge in [-0.05, 0) is 30.5 Å². The Morgan fingerprint density at radius 2 is 2.05 bits per heavy atom. The topological polar surface area (TPSA) is 75.4 Å². The molecule has 0 amide bonds. The third kappa shape index (κ3) is 3.93. The van der Waals surface area contributed by atoms with E-state index in [0.29, 0.717) is 0 Å². The number of nitrogen functional groups attached to an aromatic ring is 1. The Morgan fingerprint density at radius 3 is 2.67 bits per heavy atom. The molecule has 3 N–H and O–H groups in total. The standard InChI is InChI=1S/C12H16F3N3O2S/c1-18-4-2-3-8-5-9(16)10(6-11(8)18)17-21(19,20)7-12(13,14)15/h5-6,17H,2-4,7,16H2,1H3. The molecule has 0 atom stereocenters. The van der Waals surface area contributed by atoms with Gasteiger partial charge in [-0.3, -0.25) is 4.72 Å². The van der Waals surface area contributed by atoms with Crippen LogP contribution in [-0.4, -0.2) is 33.9 Å². The lowest BCUT2D eigenvalue weighted by atomic mass is 10.0. The fraction of sp³-hybridized carbons (Fsp3) is 0.500. The maximum atomic E-state index is 12.2. The van der Waals surface area contributed by atoms with Crippen LogP contribution in [-0.2, 0) is 16.4 Å². The minimum absolute atomic E-state index is 0.0215. The highest BCUT2D eigenvalue weighted by Crippen LogP contribution is 2.34. The Bertz CT molecular complexity index is 644. The molecule has 0 spiro atoms. The number of rotatable bonds is 3. The number of sulfonamides is 1.